The minimum absolute atomic E-state index is 0.0240. The molecule has 1 atom stereocenters. The predicted octanol–water partition coefficient (Wildman–Crippen LogP) is 3.35. The topological polar surface area (TPSA) is 95.0 Å². The number of carbonyl (C=O) groups is 4. The van der Waals surface area contributed by atoms with Gasteiger partial charge in [-0.1, -0.05) is 54.6 Å². The number of nitrogens with zero attached hydrogens (tertiary/aromatic N) is 2. The van der Waals surface area contributed by atoms with E-state index in [2.05, 4.69) is 0 Å². The van der Waals surface area contributed by atoms with Gasteiger partial charge < -0.3 is 10.0 Å². The lowest BCUT2D eigenvalue weighted by Crippen LogP contribution is -2.46. The van der Waals surface area contributed by atoms with Crippen LogP contribution in [0.4, 0.5) is 0 Å². The van der Waals surface area contributed by atoms with Crippen LogP contribution in [0.2, 0.25) is 0 Å². The quantitative estimate of drug-likeness (QED) is 0.597. The van der Waals surface area contributed by atoms with Gasteiger partial charge in [-0.25, -0.2) is 0 Å². The molecule has 7 heteroatoms. The number of hydrogen-bond acceptors (Lipinski definition) is 4. The van der Waals surface area contributed by atoms with E-state index in [4.69, 9.17) is 0 Å². The second-order valence-corrected chi connectivity index (χ2v) is 8.46. The molecule has 3 aromatic rings. The van der Waals surface area contributed by atoms with E-state index in [1.54, 1.807) is 53.4 Å². The van der Waals surface area contributed by atoms with Crippen molar-refractivity contribution in [1.82, 2.24) is 9.80 Å². The molecular weight excluding hydrogens is 432 g/mol. The average molecular weight is 454 g/mol. The minimum atomic E-state index is -1.02. The molecule has 0 aliphatic carbocycles. The van der Waals surface area contributed by atoms with Crippen LogP contribution in [0.3, 0.4) is 0 Å². The van der Waals surface area contributed by atoms with Crippen LogP contribution in [0.25, 0.3) is 0 Å². The number of carboxylic acids is 1. The number of rotatable bonds is 5. The maximum Gasteiger partial charge on any atom is 0.307 e. The van der Waals surface area contributed by atoms with E-state index in [1.807, 2.05) is 24.3 Å². The summed E-state index contributed by atoms with van der Waals surface area (Å²) in [6, 6.07) is 20.6. The molecule has 3 aromatic carbocycles. The van der Waals surface area contributed by atoms with Crippen LogP contribution in [0.5, 0.6) is 0 Å². The number of aliphatic carboxylic acids is 1. The Hall–Kier alpha value is -4.26. The third-order valence-electron chi connectivity index (χ3n) is 6.50. The number of amides is 3. The first-order valence-electron chi connectivity index (χ1n) is 11.1. The van der Waals surface area contributed by atoms with E-state index in [0.29, 0.717) is 35.2 Å². The summed E-state index contributed by atoms with van der Waals surface area (Å²) in [5.74, 6) is -2.08. The van der Waals surface area contributed by atoms with Crippen molar-refractivity contribution in [2.75, 3.05) is 13.1 Å². The van der Waals surface area contributed by atoms with Crippen molar-refractivity contribution in [3.05, 3.63) is 106 Å². The molecule has 0 fully saturated rings. The van der Waals surface area contributed by atoms with Gasteiger partial charge in [0.05, 0.1) is 30.1 Å². The Morgan fingerprint density at radius 3 is 2.18 bits per heavy atom. The van der Waals surface area contributed by atoms with Gasteiger partial charge >= 0.3 is 5.97 Å². The third kappa shape index (κ3) is 3.65. The van der Waals surface area contributed by atoms with Crippen molar-refractivity contribution in [3.63, 3.8) is 0 Å². The van der Waals surface area contributed by atoms with Crippen molar-refractivity contribution >= 4 is 23.7 Å². The second-order valence-electron chi connectivity index (χ2n) is 8.46. The van der Waals surface area contributed by atoms with Crippen LogP contribution in [0.15, 0.2) is 72.8 Å². The SMILES string of the molecule is O=C(O)Cc1ccccc1C(=O)N1CCc2ccccc2[C@H]1CN1C(=O)c2ccccc2C1=O. The first-order chi connectivity index (χ1) is 16.5. The summed E-state index contributed by atoms with van der Waals surface area (Å²) in [5.41, 5.74) is 3.42. The third-order valence-corrected chi connectivity index (χ3v) is 6.50. The van der Waals surface area contributed by atoms with E-state index >= 15 is 0 Å². The van der Waals surface area contributed by atoms with Gasteiger partial charge in [0.1, 0.15) is 0 Å². The molecular formula is C27H22N2O5. The van der Waals surface area contributed by atoms with Gasteiger partial charge in [0.25, 0.3) is 17.7 Å². The zero-order valence-electron chi connectivity index (χ0n) is 18.3. The molecule has 2 heterocycles. The number of hydrogen-bond donors (Lipinski definition) is 1. The summed E-state index contributed by atoms with van der Waals surface area (Å²) in [4.78, 5) is 54.0. The average Bonchev–Trinajstić information content (AvgIpc) is 3.09. The highest BCUT2D eigenvalue weighted by Crippen LogP contribution is 2.34. The molecule has 2 aliphatic heterocycles. The number of benzene rings is 3. The maximum atomic E-state index is 13.7. The van der Waals surface area contributed by atoms with E-state index in [1.165, 1.54) is 4.90 Å². The van der Waals surface area contributed by atoms with Crippen LogP contribution >= 0.6 is 0 Å². The molecule has 5 rings (SSSR count). The van der Waals surface area contributed by atoms with Crippen LogP contribution in [-0.4, -0.2) is 51.7 Å². The Labute approximate surface area is 196 Å². The number of imide groups is 1. The lowest BCUT2D eigenvalue weighted by atomic mass is 9.91. The Bertz CT molecular complexity index is 1300. The Morgan fingerprint density at radius 2 is 1.47 bits per heavy atom. The van der Waals surface area contributed by atoms with Crippen molar-refractivity contribution < 1.29 is 24.3 Å². The fourth-order valence-electron chi connectivity index (χ4n) is 4.87. The molecule has 0 radical (unpaired) electrons. The molecule has 7 nitrogen and oxygen atoms in total. The highest BCUT2D eigenvalue weighted by atomic mass is 16.4. The molecule has 0 bridgehead atoms. The fourth-order valence-corrected chi connectivity index (χ4v) is 4.87. The predicted molar refractivity (Wildman–Crippen MR) is 124 cm³/mol. The highest BCUT2D eigenvalue weighted by molar-refractivity contribution is 6.21. The second kappa shape index (κ2) is 8.59. The summed E-state index contributed by atoms with van der Waals surface area (Å²) >= 11 is 0. The van der Waals surface area contributed by atoms with E-state index in [-0.39, 0.29) is 30.7 Å². The Balaban J connectivity index is 1.52. The van der Waals surface area contributed by atoms with Gasteiger partial charge in [0.2, 0.25) is 0 Å². The summed E-state index contributed by atoms with van der Waals surface area (Å²) < 4.78 is 0. The Kier molecular flexibility index (Phi) is 5.45. The van der Waals surface area contributed by atoms with Crippen LogP contribution in [-0.2, 0) is 17.6 Å². The van der Waals surface area contributed by atoms with Gasteiger partial charge in [-0.2, -0.15) is 0 Å². The first kappa shape index (κ1) is 21.6. The number of carbonyl (C=O) groups excluding carboxylic acids is 3. The molecule has 170 valence electrons. The lowest BCUT2D eigenvalue weighted by Gasteiger charge is -2.39. The number of carboxylic acid groups (broad SMARTS) is 1. The van der Waals surface area contributed by atoms with E-state index in [0.717, 1.165) is 11.1 Å². The minimum Gasteiger partial charge on any atom is -0.481 e. The summed E-state index contributed by atoms with van der Waals surface area (Å²) in [5, 5.41) is 9.29. The summed E-state index contributed by atoms with van der Waals surface area (Å²) in [7, 11) is 0. The van der Waals surface area contributed by atoms with Crippen LogP contribution in [0.1, 0.15) is 53.8 Å². The molecule has 1 N–H and O–H groups in total. The summed E-state index contributed by atoms with van der Waals surface area (Å²) in [6.07, 6.45) is 0.358. The molecule has 2 aliphatic rings. The smallest absolute Gasteiger partial charge is 0.307 e. The van der Waals surface area contributed by atoms with Crippen molar-refractivity contribution in [3.8, 4) is 0 Å². The normalized spacial score (nSPS) is 16.9. The van der Waals surface area contributed by atoms with E-state index < -0.39 is 12.0 Å². The Morgan fingerprint density at radius 1 is 0.853 bits per heavy atom. The molecule has 0 aromatic heterocycles. The molecule has 0 saturated heterocycles. The molecule has 0 saturated carbocycles. The zero-order valence-corrected chi connectivity index (χ0v) is 18.3. The summed E-state index contributed by atoms with van der Waals surface area (Å²) in [6.45, 7) is 0.418. The van der Waals surface area contributed by atoms with Crippen molar-refractivity contribution in [2.45, 2.75) is 18.9 Å². The van der Waals surface area contributed by atoms with Crippen LogP contribution in [0, 0.1) is 0 Å². The lowest BCUT2D eigenvalue weighted by molar-refractivity contribution is -0.136. The largest absolute Gasteiger partial charge is 0.481 e. The molecule has 0 unspecified atom stereocenters. The van der Waals surface area contributed by atoms with Gasteiger partial charge in [0.15, 0.2) is 0 Å². The maximum absolute atomic E-state index is 13.7. The zero-order chi connectivity index (χ0) is 23.8. The standard InChI is InChI=1S/C27H22N2O5/c30-24(31)15-18-8-2-4-10-20(18)25(32)28-14-13-17-7-1-3-9-19(17)23(28)16-29-26(33)21-11-5-6-12-22(21)27(29)34/h1-12,23H,13-16H2,(H,30,31)/t23-/m1/s1. The van der Waals surface area contributed by atoms with Gasteiger partial charge in [-0.05, 0) is 41.3 Å². The van der Waals surface area contributed by atoms with E-state index in [9.17, 15) is 24.3 Å². The van der Waals surface area contributed by atoms with Crippen molar-refractivity contribution in [1.29, 1.82) is 0 Å². The van der Waals surface area contributed by atoms with Gasteiger partial charge in [-0.3, -0.25) is 24.1 Å². The fraction of sp³-hybridized carbons (Fsp3) is 0.185. The number of fused-ring (bicyclic) bond motifs is 2. The van der Waals surface area contributed by atoms with Gasteiger partial charge in [-0.15, -0.1) is 0 Å². The van der Waals surface area contributed by atoms with Crippen molar-refractivity contribution in [2.24, 2.45) is 0 Å². The molecule has 0 spiro atoms. The molecule has 34 heavy (non-hydrogen) atoms. The first-order valence-corrected chi connectivity index (χ1v) is 11.1. The van der Waals surface area contributed by atoms with Crippen LogP contribution < -0.4 is 0 Å². The molecule has 3 amide bonds. The highest BCUT2D eigenvalue weighted by Gasteiger charge is 2.40. The monoisotopic (exact) mass is 454 g/mol. The van der Waals surface area contributed by atoms with Gasteiger partial charge in [0, 0.05) is 12.1 Å².